The lowest BCUT2D eigenvalue weighted by molar-refractivity contribution is 0.0952. The first-order valence-corrected chi connectivity index (χ1v) is 10.7. The van der Waals surface area contributed by atoms with Crippen molar-refractivity contribution >= 4 is 16.9 Å². The number of aromatic nitrogens is 2. The molecular formula is C24H25FN4O3. The van der Waals surface area contributed by atoms with E-state index in [1.165, 1.54) is 18.4 Å². The molecule has 0 atom stereocenters. The van der Waals surface area contributed by atoms with Gasteiger partial charge in [0.05, 0.1) is 5.39 Å². The lowest BCUT2D eigenvalue weighted by Crippen LogP contribution is -2.29. The molecule has 2 aromatic carbocycles. The average molecular weight is 436 g/mol. The molecular weight excluding hydrogens is 411 g/mol. The van der Waals surface area contributed by atoms with Gasteiger partial charge in [0.1, 0.15) is 23.5 Å². The van der Waals surface area contributed by atoms with Crippen LogP contribution in [0, 0.1) is 5.82 Å². The zero-order chi connectivity index (χ0) is 22.5. The van der Waals surface area contributed by atoms with Gasteiger partial charge in [-0.05, 0) is 68.5 Å². The Morgan fingerprint density at radius 1 is 1.12 bits per heavy atom. The molecule has 2 aromatic heterocycles. The predicted octanol–water partition coefficient (Wildman–Crippen LogP) is 4.75. The van der Waals surface area contributed by atoms with Crippen LogP contribution in [0.5, 0.6) is 0 Å². The normalized spacial score (nSPS) is 11.4. The molecule has 2 heterocycles. The first-order valence-electron chi connectivity index (χ1n) is 10.7. The molecule has 0 aliphatic carbocycles. The van der Waals surface area contributed by atoms with E-state index in [0.717, 1.165) is 26.1 Å². The lowest BCUT2D eigenvalue weighted by Gasteiger charge is -2.17. The third-order valence-electron chi connectivity index (χ3n) is 5.40. The summed E-state index contributed by atoms with van der Waals surface area (Å²) < 4.78 is 24.1. The smallest absolute Gasteiger partial charge is 0.251 e. The average Bonchev–Trinajstić information content (AvgIpc) is 3.46. The monoisotopic (exact) mass is 436 g/mol. The van der Waals surface area contributed by atoms with E-state index in [1.807, 2.05) is 0 Å². The van der Waals surface area contributed by atoms with Crippen molar-refractivity contribution in [1.29, 1.82) is 0 Å². The molecule has 0 saturated carbocycles. The van der Waals surface area contributed by atoms with Gasteiger partial charge in [-0.2, -0.15) is 0 Å². The van der Waals surface area contributed by atoms with Gasteiger partial charge in [0, 0.05) is 17.7 Å². The number of nitrogens with one attached hydrogen (secondary N) is 1. The number of oxazole rings is 1. The van der Waals surface area contributed by atoms with Crippen LogP contribution in [-0.2, 0) is 0 Å². The van der Waals surface area contributed by atoms with E-state index >= 15 is 0 Å². The summed E-state index contributed by atoms with van der Waals surface area (Å²) in [5, 5.41) is 7.74. The topological polar surface area (TPSA) is 84.4 Å². The maximum absolute atomic E-state index is 13.2. The number of hydrogen-bond donors (Lipinski definition) is 1. The Bertz CT molecular complexity index is 1200. The molecule has 1 N–H and O–H groups in total. The van der Waals surface area contributed by atoms with Crippen molar-refractivity contribution in [2.75, 3.05) is 26.2 Å². The molecule has 0 bridgehead atoms. The molecule has 166 valence electrons. The number of benzene rings is 2. The van der Waals surface area contributed by atoms with Crippen molar-refractivity contribution in [2.24, 2.45) is 0 Å². The van der Waals surface area contributed by atoms with Crippen molar-refractivity contribution < 1.29 is 18.1 Å². The Balaban J connectivity index is 1.49. The summed E-state index contributed by atoms with van der Waals surface area (Å²) in [5.74, 6) is -0.133. The van der Waals surface area contributed by atoms with E-state index in [9.17, 15) is 9.18 Å². The van der Waals surface area contributed by atoms with Crippen molar-refractivity contribution in [3.05, 3.63) is 60.1 Å². The number of carbonyl (C=O) groups is 1. The predicted molar refractivity (Wildman–Crippen MR) is 120 cm³/mol. The molecule has 0 radical (unpaired) electrons. The minimum absolute atomic E-state index is 0.147. The molecule has 4 aromatic rings. The number of halogens is 1. The molecule has 0 unspecified atom stereocenters. The zero-order valence-corrected chi connectivity index (χ0v) is 18.1. The van der Waals surface area contributed by atoms with Gasteiger partial charge in [-0.3, -0.25) is 4.79 Å². The minimum Gasteiger partial charge on any atom is -0.444 e. The molecule has 0 fully saturated rings. The first kappa shape index (κ1) is 21.7. The SMILES string of the molecule is CCN(CC)CCCNC(=O)c1ccc2onc(-c3coc(-c4ccc(F)cc4)n3)c2c1. The van der Waals surface area contributed by atoms with Gasteiger partial charge in [0.25, 0.3) is 5.91 Å². The van der Waals surface area contributed by atoms with Crippen molar-refractivity contribution in [3.63, 3.8) is 0 Å². The molecule has 0 saturated heterocycles. The van der Waals surface area contributed by atoms with E-state index < -0.39 is 0 Å². The quantitative estimate of drug-likeness (QED) is 0.381. The number of rotatable bonds is 9. The van der Waals surface area contributed by atoms with Crippen LogP contribution in [0.15, 0.2) is 57.7 Å². The molecule has 0 aliphatic heterocycles. The molecule has 1 amide bonds. The molecule has 7 nitrogen and oxygen atoms in total. The van der Waals surface area contributed by atoms with Gasteiger partial charge in [0.15, 0.2) is 5.58 Å². The molecule has 8 heteroatoms. The number of hydrogen-bond acceptors (Lipinski definition) is 6. The highest BCUT2D eigenvalue weighted by atomic mass is 19.1. The largest absolute Gasteiger partial charge is 0.444 e. The fourth-order valence-corrected chi connectivity index (χ4v) is 3.52. The van der Waals surface area contributed by atoms with Crippen LogP contribution in [0.2, 0.25) is 0 Å². The van der Waals surface area contributed by atoms with E-state index in [1.54, 1.807) is 30.3 Å². The number of carbonyl (C=O) groups excluding carboxylic acids is 1. The van der Waals surface area contributed by atoms with Gasteiger partial charge < -0.3 is 19.2 Å². The van der Waals surface area contributed by atoms with E-state index in [2.05, 4.69) is 34.2 Å². The summed E-state index contributed by atoms with van der Waals surface area (Å²) in [5.41, 5.74) is 2.67. The summed E-state index contributed by atoms with van der Waals surface area (Å²) in [7, 11) is 0. The summed E-state index contributed by atoms with van der Waals surface area (Å²) in [6.07, 6.45) is 2.36. The number of nitrogens with zero attached hydrogens (tertiary/aromatic N) is 3. The fourth-order valence-electron chi connectivity index (χ4n) is 3.52. The van der Waals surface area contributed by atoms with Crippen molar-refractivity contribution in [1.82, 2.24) is 20.4 Å². The van der Waals surface area contributed by atoms with Gasteiger partial charge in [-0.15, -0.1) is 0 Å². The Morgan fingerprint density at radius 2 is 1.91 bits per heavy atom. The third-order valence-corrected chi connectivity index (χ3v) is 5.40. The van der Waals surface area contributed by atoms with Gasteiger partial charge in [-0.25, -0.2) is 9.37 Å². The Morgan fingerprint density at radius 3 is 2.66 bits per heavy atom. The number of fused-ring (bicyclic) bond motifs is 1. The van der Waals surface area contributed by atoms with Crippen molar-refractivity contribution in [2.45, 2.75) is 20.3 Å². The van der Waals surface area contributed by atoms with Crippen LogP contribution in [-0.4, -0.2) is 47.1 Å². The summed E-state index contributed by atoms with van der Waals surface area (Å²) in [6.45, 7) is 7.82. The second-order valence-corrected chi connectivity index (χ2v) is 7.42. The Labute approximate surface area is 185 Å². The van der Waals surface area contributed by atoms with Crippen LogP contribution < -0.4 is 5.32 Å². The highest BCUT2D eigenvalue weighted by Gasteiger charge is 2.17. The standard InChI is InChI=1S/C24H25FN4O3/c1-3-29(4-2)13-5-12-26-23(30)17-8-11-21-19(14-17)22(28-32-21)20-15-31-24(27-20)16-6-9-18(25)10-7-16/h6-11,14-15H,3-5,12-13H2,1-2H3,(H,26,30). The van der Waals surface area contributed by atoms with E-state index in [4.69, 9.17) is 8.94 Å². The lowest BCUT2D eigenvalue weighted by atomic mass is 10.1. The molecule has 32 heavy (non-hydrogen) atoms. The second kappa shape index (κ2) is 9.74. The highest BCUT2D eigenvalue weighted by molar-refractivity contribution is 6.00. The van der Waals surface area contributed by atoms with E-state index in [0.29, 0.717) is 45.9 Å². The van der Waals surface area contributed by atoms with Crippen LogP contribution in [0.3, 0.4) is 0 Å². The van der Waals surface area contributed by atoms with Crippen LogP contribution in [0.25, 0.3) is 33.8 Å². The second-order valence-electron chi connectivity index (χ2n) is 7.42. The summed E-state index contributed by atoms with van der Waals surface area (Å²) in [4.78, 5) is 19.4. The van der Waals surface area contributed by atoms with Gasteiger partial charge >= 0.3 is 0 Å². The summed E-state index contributed by atoms with van der Waals surface area (Å²) in [6, 6.07) is 11.0. The van der Waals surface area contributed by atoms with E-state index in [-0.39, 0.29) is 11.7 Å². The van der Waals surface area contributed by atoms with Crippen molar-refractivity contribution in [3.8, 4) is 22.8 Å². The maximum Gasteiger partial charge on any atom is 0.251 e. The van der Waals surface area contributed by atoms with Gasteiger partial charge in [-0.1, -0.05) is 19.0 Å². The maximum atomic E-state index is 13.2. The fraction of sp³-hybridized carbons (Fsp3) is 0.292. The zero-order valence-electron chi connectivity index (χ0n) is 18.1. The third kappa shape index (κ3) is 4.70. The number of amides is 1. The molecule has 0 spiro atoms. The Hall–Kier alpha value is -3.52. The van der Waals surface area contributed by atoms with Crippen LogP contribution >= 0.6 is 0 Å². The van der Waals surface area contributed by atoms with Crippen LogP contribution in [0.4, 0.5) is 4.39 Å². The van der Waals surface area contributed by atoms with Crippen LogP contribution in [0.1, 0.15) is 30.6 Å². The highest BCUT2D eigenvalue weighted by Crippen LogP contribution is 2.30. The molecule has 4 rings (SSSR count). The minimum atomic E-state index is -0.332. The summed E-state index contributed by atoms with van der Waals surface area (Å²) >= 11 is 0. The molecule has 0 aliphatic rings. The Kier molecular flexibility index (Phi) is 6.61. The first-order chi connectivity index (χ1) is 15.6. The van der Waals surface area contributed by atoms with Gasteiger partial charge in [0.2, 0.25) is 5.89 Å².